The topological polar surface area (TPSA) is 51.1 Å². The molecule has 0 unspecified atom stereocenters. The number of carbonyl (C=O) groups excluding carboxylic acids is 1. The zero-order valence-electron chi connectivity index (χ0n) is 10.9. The Hall–Kier alpha value is -1.95. The van der Waals surface area contributed by atoms with Gasteiger partial charge < -0.3 is 9.88 Å². The van der Waals surface area contributed by atoms with E-state index in [1.807, 2.05) is 0 Å². The fraction of sp³-hybridized carbons (Fsp3) is 0.143. The molecule has 1 aromatic heterocycles. The molecule has 0 aliphatic rings. The molecule has 0 spiro atoms. The number of aromatic nitrogens is 1. The van der Waals surface area contributed by atoms with Gasteiger partial charge in [-0.3, -0.25) is 9.59 Å². The van der Waals surface area contributed by atoms with E-state index in [0.717, 1.165) is 0 Å². The molecule has 0 aliphatic heterocycles. The molecule has 2 rings (SSSR count). The molecule has 0 saturated heterocycles. The largest absolute Gasteiger partial charge is 0.320 e. The molecule has 104 valence electrons. The van der Waals surface area contributed by atoms with E-state index in [0.29, 0.717) is 15.7 Å². The third-order valence-electron chi connectivity index (χ3n) is 2.86. The lowest BCUT2D eigenvalue weighted by Gasteiger charge is -2.10. The number of anilines is 1. The van der Waals surface area contributed by atoms with Crippen molar-refractivity contribution in [2.24, 2.45) is 7.05 Å². The highest BCUT2D eigenvalue weighted by molar-refractivity contribution is 9.10. The predicted octanol–water partition coefficient (Wildman–Crippen LogP) is 2.85. The second-order valence-corrected chi connectivity index (χ2v) is 5.31. The minimum absolute atomic E-state index is 0.0624. The number of pyridine rings is 1. The molecular formula is C14H12BrFN2O2. The molecule has 1 heterocycles. The van der Waals surface area contributed by atoms with E-state index >= 15 is 0 Å². The summed E-state index contributed by atoms with van der Waals surface area (Å²) < 4.78 is 15.6. The maximum atomic E-state index is 13.6. The van der Waals surface area contributed by atoms with Gasteiger partial charge in [-0.25, -0.2) is 4.39 Å². The number of rotatable bonds is 2. The Bertz CT molecular complexity index is 740. The molecule has 0 atom stereocenters. The molecule has 1 aromatic carbocycles. The molecule has 20 heavy (non-hydrogen) atoms. The van der Waals surface area contributed by atoms with E-state index in [4.69, 9.17) is 0 Å². The Morgan fingerprint density at radius 3 is 2.75 bits per heavy atom. The molecule has 2 aromatic rings. The van der Waals surface area contributed by atoms with Gasteiger partial charge in [0, 0.05) is 23.8 Å². The summed E-state index contributed by atoms with van der Waals surface area (Å²) in [6.45, 7) is 1.70. The highest BCUT2D eigenvalue weighted by atomic mass is 79.9. The molecule has 0 saturated carbocycles. The van der Waals surface area contributed by atoms with Gasteiger partial charge in [0.1, 0.15) is 5.82 Å². The molecule has 0 aliphatic carbocycles. The molecular weight excluding hydrogens is 327 g/mol. The lowest BCUT2D eigenvalue weighted by atomic mass is 10.2. The lowest BCUT2D eigenvalue weighted by Crippen LogP contribution is -2.20. The van der Waals surface area contributed by atoms with Crippen molar-refractivity contribution in [3.8, 4) is 0 Å². The van der Waals surface area contributed by atoms with Gasteiger partial charge in [-0.1, -0.05) is 15.9 Å². The highest BCUT2D eigenvalue weighted by Crippen LogP contribution is 2.18. The average Bonchev–Trinajstić information content (AvgIpc) is 2.38. The predicted molar refractivity (Wildman–Crippen MR) is 78.5 cm³/mol. The van der Waals surface area contributed by atoms with E-state index in [1.165, 1.54) is 35.0 Å². The van der Waals surface area contributed by atoms with Gasteiger partial charge in [0.05, 0.1) is 11.3 Å². The molecule has 0 radical (unpaired) electrons. The van der Waals surface area contributed by atoms with Gasteiger partial charge in [-0.05, 0) is 30.7 Å². The van der Waals surface area contributed by atoms with Crippen LogP contribution in [0.5, 0.6) is 0 Å². The van der Waals surface area contributed by atoms with Crippen LogP contribution < -0.4 is 10.9 Å². The maximum Gasteiger partial charge on any atom is 0.258 e. The number of aryl methyl sites for hydroxylation is 2. The van der Waals surface area contributed by atoms with Gasteiger partial charge in [0.2, 0.25) is 0 Å². The van der Waals surface area contributed by atoms with Crippen LogP contribution in [0.25, 0.3) is 0 Å². The third-order valence-corrected chi connectivity index (χ3v) is 3.35. The number of benzene rings is 1. The van der Waals surface area contributed by atoms with E-state index < -0.39 is 11.7 Å². The number of nitrogens with zero attached hydrogens (tertiary/aromatic N) is 1. The molecule has 0 bridgehead atoms. The standard InChI is InChI=1S/C14H12BrFN2O2/c1-8-5-13(19)18(2)7-12(8)17-14(20)10-6-9(15)3-4-11(10)16/h3-7H,1-2H3,(H,17,20). The average molecular weight is 339 g/mol. The minimum Gasteiger partial charge on any atom is -0.320 e. The number of amides is 1. The Morgan fingerprint density at radius 1 is 1.35 bits per heavy atom. The van der Waals surface area contributed by atoms with Crippen LogP contribution in [-0.2, 0) is 7.05 Å². The van der Waals surface area contributed by atoms with Gasteiger partial charge in [0.15, 0.2) is 0 Å². The summed E-state index contributed by atoms with van der Waals surface area (Å²) in [5.74, 6) is -1.17. The van der Waals surface area contributed by atoms with Gasteiger partial charge >= 0.3 is 0 Å². The monoisotopic (exact) mass is 338 g/mol. The van der Waals surface area contributed by atoms with Crippen LogP contribution in [0, 0.1) is 12.7 Å². The second-order valence-electron chi connectivity index (χ2n) is 4.40. The quantitative estimate of drug-likeness (QED) is 0.915. The van der Waals surface area contributed by atoms with E-state index in [-0.39, 0.29) is 11.1 Å². The third kappa shape index (κ3) is 2.96. The summed E-state index contributed by atoms with van der Waals surface area (Å²) in [6.07, 6.45) is 1.51. The number of carbonyl (C=O) groups is 1. The van der Waals surface area contributed by atoms with Gasteiger partial charge in [-0.2, -0.15) is 0 Å². The van der Waals surface area contributed by atoms with Gasteiger partial charge in [-0.15, -0.1) is 0 Å². The Labute approximate surface area is 123 Å². The Kier molecular flexibility index (Phi) is 4.04. The van der Waals surface area contributed by atoms with Crippen molar-refractivity contribution in [1.82, 2.24) is 4.57 Å². The zero-order valence-corrected chi connectivity index (χ0v) is 12.5. The Balaban J connectivity index is 2.35. The first-order chi connectivity index (χ1) is 9.38. The second kappa shape index (κ2) is 5.58. The smallest absolute Gasteiger partial charge is 0.258 e. The number of halogens is 2. The molecule has 0 fully saturated rings. The fourth-order valence-corrected chi connectivity index (χ4v) is 2.08. The number of hydrogen-bond donors (Lipinski definition) is 1. The van der Waals surface area contributed by atoms with Crippen LogP contribution in [0.15, 0.2) is 39.7 Å². The van der Waals surface area contributed by atoms with Gasteiger partial charge in [0.25, 0.3) is 11.5 Å². The van der Waals surface area contributed by atoms with E-state index in [1.54, 1.807) is 14.0 Å². The summed E-state index contributed by atoms with van der Waals surface area (Å²) in [5, 5.41) is 2.60. The lowest BCUT2D eigenvalue weighted by molar-refractivity contribution is 0.102. The van der Waals surface area contributed by atoms with Crippen LogP contribution in [0.2, 0.25) is 0 Å². The number of hydrogen-bond acceptors (Lipinski definition) is 2. The SMILES string of the molecule is Cc1cc(=O)n(C)cc1NC(=O)c1cc(Br)ccc1F. The highest BCUT2D eigenvalue weighted by Gasteiger charge is 2.13. The van der Waals surface area contributed by atoms with E-state index in [2.05, 4.69) is 21.2 Å². The first-order valence-corrected chi connectivity index (χ1v) is 6.61. The van der Waals surface area contributed by atoms with Crippen molar-refractivity contribution in [3.63, 3.8) is 0 Å². The van der Waals surface area contributed by atoms with Crippen LogP contribution in [0.4, 0.5) is 10.1 Å². The summed E-state index contributed by atoms with van der Waals surface area (Å²) in [6, 6.07) is 5.55. The summed E-state index contributed by atoms with van der Waals surface area (Å²) in [7, 11) is 1.58. The van der Waals surface area contributed by atoms with Crippen LogP contribution in [-0.4, -0.2) is 10.5 Å². The normalized spacial score (nSPS) is 10.4. The molecule has 1 N–H and O–H groups in total. The van der Waals surface area contributed by atoms with Crippen molar-refractivity contribution in [3.05, 3.63) is 62.2 Å². The minimum atomic E-state index is -0.604. The van der Waals surface area contributed by atoms with Crippen molar-refractivity contribution in [2.45, 2.75) is 6.92 Å². The van der Waals surface area contributed by atoms with Crippen LogP contribution in [0.3, 0.4) is 0 Å². The first kappa shape index (κ1) is 14.5. The Morgan fingerprint density at radius 2 is 2.05 bits per heavy atom. The van der Waals surface area contributed by atoms with Crippen LogP contribution in [0.1, 0.15) is 15.9 Å². The fourth-order valence-electron chi connectivity index (χ4n) is 1.72. The summed E-state index contributed by atoms with van der Waals surface area (Å²) in [5.41, 5.74) is 0.857. The van der Waals surface area contributed by atoms with E-state index in [9.17, 15) is 14.0 Å². The summed E-state index contributed by atoms with van der Waals surface area (Å²) in [4.78, 5) is 23.5. The maximum absolute atomic E-state index is 13.6. The van der Waals surface area contributed by atoms with Crippen molar-refractivity contribution in [1.29, 1.82) is 0 Å². The number of nitrogens with one attached hydrogen (secondary N) is 1. The van der Waals surface area contributed by atoms with Crippen molar-refractivity contribution < 1.29 is 9.18 Å². The zero-order chi connectivity index (χ0) is 14.9. The molecule has 4 nitrogen and oxygen atoms in total. The van der Waals surface area contributed by atoms with Crippen molar-refractivity contribution in [2.75, 3.05) is 5.32 Å². The first-order valence-electron chi connectivity index (χ1n) is 5.82. The summed E-state index contributed by atoms with van der Waals surface area (Å²) >= 11 is 3.19. The van der Waals surface area contributed by atoms with Crippen LogP contribution >= 0.6 is 15.9 Å². The molecule has 6 heteroatoms. The van der Waals surface area contributed by atoms with Crippen molar-refractivity contribution >= 4 is 27.5 Å². The molecule has 1 amide bonds.